The van der Waals surface area contributed by atoms with Gasteiger partial charge in [0, 0.05) is 22.9 Å². The summed E-state index contributed by atoms with van der Waals surface area (Å²) in [6.07, 6.45) is 15.4. The number of carbonyl (C=O) groups is 2. The predicted molar refractivity (Wildman–Crippen MR) is 126 cm³/mol. The van der Waals surface area contributed by atoms with E-state index in [4.69, 9.17) is 4.74 Å². The summed E-state index contributed by atoms with van der Waals surface area (Å²) in [5.74, 6) is 1.75. The summed E-state index contributed by atoms with van der Waals surface area (Å²) in [6.45, 7) is 4.73. The molecule has 1 N–H and O–H groups in total. The van der Waals surface area contributed by atoms with Gasteiger partial charge in [-0.1, -0.05) is 55.8 Å². The van der Waals surface area contributed by atoms with E-state index in [0.717, 1.165) is 38.4 Å². The maximum atomic E-state index is 12.9. The topological polar surface area (TPSA) is 55.4 Å². The van der Waals surface area contributed by atoms with Crippen LogP contribution in [0.2, 0.25) is 0 Å². The van der Waals surface area contributed by atoms with Crippen LogP contribution in [0.15, 0.2) is 54.1 Å². The number of hydrogen-bond donors (Lipinski definition) is 1. The van der Waals surface area contributed by atoms with Crippen molar-refractivity contribution in [3.8, 4) is 0 Å². The Bertz CT molecular complexity index is 953. The zero-order chi connectivity index (χ0) is 22.4. The molecule has 0 saturated heterocycles. The highest BCUT2D eigenvalue weighted by Crippen LogP contribution is 2.68. The number of hydrogen-bond acceptors (Lipinski definition) is 3. The largest absolute Gasteiger partial charge is 0.442 e. The molecule has 0 bridgehead atoms. The molecule has 0 spiro atoms. The third-order valence-electron chi connectivity index (χ3n) is 9.62. The van der Waals surface area contributed by atoms with E-state index in [1.165, 1.54) is 12.8 Å². The number of benzene rings is 1. The Hall–Kier alpha value is -2.36. The number of fused-ring (bicyclic) bond motifs is 5. The first kappa shape index (κ1) is 21.5. The molecule has 32 heavy (non-hydrogen) atoms. The van der Waals surface area contributed by atoms with Crippen molar-refractivity contribution in [2.45, 2.75) is 70.8 Å². The zero-order valence-electron chi connectivity index (χ0n) is 19.3. The van der Waals surface area contributed by atoms with Crippen LogP contribution in [0, 0.1) is 28.6 Å². The minimum absolute atomic E-state index is 0.168. The number of aldehydes is 1. The summed E-state index contributed by atoms with van der Waals surface area (Å²) < 4.78 is 6.22. The highest BCUT2D eigenvalue weighted by atomic mass is 16.6. The number of allylic oxidation sites excluding steroid dienone is 4. The molecule has 1 aromatic carbocycles. The lowest BCUT2D eigenvalue weighted by Crippen LogP contribution is -2.56. The van der Waals surface area contributed by atoms with Gasteiger partial charge in [0.1, 0.15) is 11.9 Å². The number of rotatable bonds is 4. The van der Waals surface area contributed by atoms with Crippen LogP contribution in [-0.2, 0) is 9.53 Å². The van der Waals surface area contributed by atoms with Crippen molar-refractivity contribution < 1.29 is 14.3 Å². The second kappa shape index (κ2) is 7.90. The van der Waals surface area contributed by atoms with Gasteiger partial charge in [0.05, 0.1) is 0 Å². The molecule has 0 unspecified atom stereocenters. The van der Waals surface area contributed by atoms with Gasteiger partial charge in [-0.15, -0.1) is 0 Å². The van der Waals surface area contributed by atoms with E-state index in [0.29, 0.717) is 23.4 Å². The van der Waals surface area contributed by atoms with Gasteiger partial charge in [-0.25, -0.2) is 4.79 Å². The normalized spacial score (nSPS) is 39.8. The molecule has 5 rings (SSSR count). The van der Waals surface area contributed by atoms with Gasteiger partial charge in [-0.2, -0.15) is 0 Å². The highest BCUT2D eigenvalue weighted by molar-refractivity contribution is 5.85. The molecule has 4 heteroatoms. The standard InChI is InChI=1S/C28H35NO3/c1-26-15-7-6-8-20(26)11-12-22-23(26)13-16-27(2)24(22)14-17-28(27,18-19-30)32-25(31)29-21-9-4-3-5-10-21/h3-5,7-10,15,19,22-24H,6,11-14,16-18H2,1-2H3,(H,29,31)/t22-,23+,24+,26+,27+,28+/m1/s1. The third-order valence-corrected chi connectivity index (χ3v) is 9.62. The second-order valence-electron chi connectivity index (χ2n) is 10.8. The molecule has 0 aliphatic heterocycles. The van der Waals surface area contributed by atoms with Crippen LogP contribution in [0.25, 0.3) is 0 Å². The monoisotopic (exact) mass is 433 g/mol. The predicted octanol–water partition coefficient (Wildman–Crippen LogP) is 6.69. The van der Waals surface area contributed by atoms with Crippen LogP contribution in [-0.4, -0.2) is 18.0 Å². The molecule has 3 fully saturated rings. The van der Waals surface area contributed by atoms with Crippen molar-refractivity contribution in [2.75, 3.05) is 5.32 Å². The molecule has 4 aliphatic rings. The molecule has 170 valence electrons. The number of ether oxygens (including phenoxy) is 1. The third kappa shape index (κ3) is 3.17. The van der Waals surface area contributed by atoms with Crippen LogP contribution in [0.5, 0.6) is 0 Å². The van der Waals surface area contributed by atoms with E-state index in [2.05, 4.69) is 37.4 Å². The van der Waals surface area contributed by atoms with E-state index in [1.807, 2.05) is 30.3 Å². The molecular formula is C28H35NO3. The Balaban J connectivity index is 1.41. The van der Waals surface area contributed by atoms with Crippen LogP contribution < -0.4 is 5.32 Å². The fourth-order valence-electron chi connectivity index (χ4n) is 7.95. The Morgan fingerprint density at radius 2 is 1.91 bits per heavy atom. The van der Waals surface area contributed by atoms with Crippen molar-refractivity contribution >= 4 is 18.1 Å². The van der Waals surface area contributed by atoms with Gasteiger partial charge in [-0.05, 0) is 74.8 Å². The van der Waals surface area contributed by atoms with Crippen LogP contribution in [0.3, 0.4) is 0 Å². The number of anilines is 1. The molecule has 0 heterocycles. The summed E-state index contributed by atoms with van der Waals surface area (Å²) in [4.78, 5) is 24.7. The van der Waals surface area contributed by atoms with Gasteiger partial charge in [0.25, 0.3) is 0 Å². The van der Waals surface area contributed by atoms with Crippen molar-refractivity contribution in [3.63, 3.8) is 0 Å². The highest BCUT2D eigenvalue weighted by Gasteiger charge is 2.65. The maximum Gasteiger partial charge on any atom is 0.412 e. The maximum absolute atomic E-state index is 12.9. The Morgan fingerprint density at radius 1 is 1.12 bits per heavy atom. The Labute approximate surface area is 191 Å². The molecule has 0 aromatic heterocycles. The van der Waals surface area contributed by atoms with Crippen LogP contribution in [0.1, 0.15) is 65.2 Å². The Morgan fingerprint density at radius 3 is 2.69 bits per heavy atom. The first-order valence-corrected chi connectivity index (χ1v) is 12.3. The zero-order valence-corrected chi connectivity index (χ0v) is 19.3. The van der Waals surface area contributed by atoms with Gasteiger partial charge in [0.15, 0.2) is 0 Å². The lowest BCUT2D eigenvalue weighted by atomic mass is 9.47. The summed E-state index contributed by atoms with van der Waals surface area (Å²) in [5.41, 5.74) is 1.62. The molecule has 3 saturated carbocycles. The lowest BCUT2D eigenvalue weighted by molar-refractivity contribution is -0.135. The Kier molecular flexibility index (Phi) is 5.30. The quantitative estimate of drug-likeness (QED) is 0.425. The van der Waals surface area contributed by atoms with Gasteiger partial charge in [-0.3, -0.25) is 5.32 Å². The molecule has 4 aliphatic carbocycles. The first-order chi connectivity index (χ1) is 15.4. The fourth-order valence-corrected chi connectivity index (χ4v) is 7.95. The fraction of sp³-hybridized carbons (Fsp3) is 0.571. The number of para-hydroxylation sites is 1. The lowest BCUT2D eigenvalue weighted by Gasteiger charge is -2.58. The summed E-state index contributed by atoms with van der Waals surface area (Å²) in [6, 6.07) is 9.39. The SMILES string of the molecule is C[C@]12C=CCC=C1CC[C@@H]1[C@@H]2CC[C@@]2(C)[C@H]1CC[C@@]2(CC=O)OC(=O)Nc1ccccc1. The minimum Gasteiger partial charge on any atom is -0.442 e. The minimum atomic E-state index is -0.720. The molecule has 0 radical (unpaired) electrons. The molecular weight excluding hydrogens is 398 g/mol. The number of carbonyl (C=O) groups excluding carboxylic acids is 2. The van der Waals surface area contributed by atoms with E-state index in [-0.39, 0.29) is 17.3 Å². The molecule has 1 aromatic rings. The summed E-state index contributed by atoms with van der Waals surface area (Å²) in [7, 11) is 0. The summed E-state index contributed by atoms with van der Waals surface area (Å²) >= 11 is 0. The average Bonchev–Trinajstić information content (AvgIpc) is 3.06. The number of amides is 1. The smallest absolute Gasteiger partial charge is 0.412 e. The van der Waals surface area contributed by atoms with Crippen molar-refractivity contribution in [2.24, 2.45) is 28.6 Å². The molecule has 1 amide bonds. The molecule has 6 atom stereocenters. The average molecular weight is 434 g/mol. The summed E-state index contributed by atoms with van der Waals surface area (Å²) in [5, 5.41) is 2.87. The first-order valence-electron chi connectivity index (χ1n) is 12.3. The second-order valence-corrected chi connectivity index (χ2v) is 10.8. The van der Waals surface area contributed by atoms with Gasteiger partial charge < -0.3 is 9.53 Å². The van der Waals surface area contributed by atoms with E-state index in [1.54, 1.807) is 5.57 Å². The van der Waals surface area contributed by atoms with Crippen LogP contribution >= 0.6 is 0 Å². The van der Waals surface area contributed by atoms with Gasteiger partial charge in [0.2, 0.25) is 0 Å². The molecule has 4 nitrogen and oxygen atoms in total. The van der Waals surface area contributed by atoms with Crippen LogP contribution in [0.4, 0.5) is 10.5 Å². The van der Waals surface area contributed by atoms with Crippen molar-refractivity contribution in [1.29, 1.82) is 0 Å². The van der Waals surface area contributed by atoms with Crippen molar-refractivity contribution in [1.82, 2.24) is 0 Å². The van der Waals surface area contributed by atoms with E-state index < -0.39 is 11.7 Å². The number of nitrogens with one attached hydrogen (secondary N) is 1. The van der Waals surface area contributed by atoms with Gasteiger partial charge >= 0.3 is 6.09 Å². The van der Waals surface area contributed by atoms with E-state index in [9.17, 15) is 9.59 Å². The van der Waals surface area contributed by atoms with E-state index >= 15 is 0 Å². The van der Waals surface area contributed by atoms with Crippen molar-refractivity contribution in [3.05, 3.63) is 54.1 Å².